The molecule has 1 heterocycles. The molecule has 0 bridgehead atoms. The highest BCUT2D eigenvalue weighted by molar-refractivity contribution is 5.79. The van der Waals surface area contributed by atoms with Crippen molar-refractivity contribution in [3.63, 3.8) is 0 Å². The van der Waals surface area contributed by atoms with Crippen molar-refractivity contribution in [2.45, 2.75) is 0 Å². The molecule has 0 unspecified atom stereocenters. The number of nitrogen functional groups attached to an aromatic ring is 1. The number of anilines is 1. The Morgan fingerprint density at radius 3 is 2.65 bits per heavy atom. The van der Waals surface area contributed by atoms with Crippen molar-refractivity contribution < 1.29 is 14.2 Å². The van der Waals surface area contributed by atoms with Gasteiger partial charge in [-0.05, 0) is 6.07 Å². The second kappa shape index (κ2) is 3.97. The molecule has 5 nitrogen and oxygen atoms in total. The van der Waals surface area contributed by atoms with Gasteiger partial charge in [0.05, 0.1) is 13.3 Å². The molecule has 0 atom stereocenters. The lowest BCUT2D eigenvalue weighted by atomic mass is 10.1. The Hall–Kier alpha value is -2.24. The first kappa shape index (κ1) is 11.3. The number of hydrogen-bond acceptors (Lipinski definition) is 4. The van der Waals surface area contributed by atoms with Crippen molar-refractivity contribution in [3.8, 4) is 22.6 Å². The topological polar surface area (TPSA) is 73.3 Å². The zero-order valence-corrected chi connectivity index (χ0v) is 9.44. The van der Waals surface area contributed by atoms with Gasteiger partial charge in [-0.1, -0.05) is 0 Å². The van der Waals surface area contributed by atoms with Crippen LogP contribution in [-0.4, -0.2) is 22.0 Å². The third kappa shape index (κ3) is 1.77. The summed E-state index contributed by atoms with van der Waals surface area (Å²) < 4.78 is 19.7. The summed E-state index contributed by atoms with van der Waals surface area (Å²) in [6.07, 6.45) is 1.53. The maximum Gasteiger partial charge on any atom is 0.168 e. The minimum atomic E-state index is -0.743. The molecule has 0 fully saturated rings. The summed E-state index contributed by atoms with van der Waals surface area (Å²) in [6.45, 7) is 0. The molecule has 0 aliphatic heterocycles. The van der Waals surface area contributed by atoms with Crippen molar-refractivity contribution >= 4 is 5.82 Å². The van der Waals surface area contributed by atoms with Gasteiger partial charge in [0.1, 0.15) is 11.6 Å². The van der Waals surface area contributed by atoms with E-state index < -0.39 is 11.6 Å². The van der Waals surface area contributed by atoms with E-state index in [2.05, 4.69) is 5.10 Å². The van der Waals surface area contributed by atoms with Crippen LogP contribution in [0.25, 0.3) is 11.1 Å². The van der Waals surface area contributed by atoms with Gasteiger partial charge in [0.15, 0.2) is 11.6 Å². The lowest BCUT2D eigenvalue weighted by Gasteiger charge is -2.09. The second-order valence-corrected chi connectivity index (χ2v) is 3.57. The SMILES string of the molecule is COc1cc(F)c(O)cc1-c1cnn(C)c1N. The zero-order valence-electron chi connectivity index (χ0n) is 9.44. The molecule has 0 radical (unpaired) electrons. The van der Waals surface area contributed by atoms with Crippen LogP contribution in [0.4, 0.5) is 10.2 Å². The molecule has 17 heavy (non-hydrogen) atoms. The third-order valence-corrected chi connectivity index (χ3v) is 2.54. The lowest BCUT2D eigenvalue weighted by molar-refractivity contribution is 0.401. The smallest absolute Gasteiger partial charge is 0.168 e. The van der Waals surface area contributed by atoms with Crippen LogP contribution in [0.15, 0.2) is 18.3 Å². The standard InChI is InChI=1S/C11H12FN3O2/c1-15-11(13)7(5-14-15)6-3-9(16)8(12)4-10(6)17-2/h3-5,16H,13H2,1-2H3. The summed E-state index contributed by atoms with van der Waals surface area (Å²) in [5.41, 5.74) is 6.90. The Labute approximate surface area is 97.2 Å². The summed E-state index contributed by atoms with van der Waals surface area (Å²) in [4.78, 5) is 0. The molecule has 0 saturated heterocycles. The normalized spacial score (nSPS) is 10.5. The predicted molar refractivity (Wildman–Crippen MR) is 61.2 cm³/mol. The minimum Gasteiger partial charge on any atom is -0.505 e. The summed E-state index contributed by atoms with van der Waals surface area (Å²) in [5.74, 6) is -0.494. The fourth-order valence-corrected chi connectivity index (χ4v) is 1.58. The molecule has 0 aliphatic rings. The van der Waals surface area contributed by atoms with E-state index in [-0.39, 0.29) is 0 Å². The summed E-state index contributed by atoms with van der Waals surface area (Å²) in [7, 11) is 3.11. The van der Waals surface area contributed by atoms with E-state index >= 15 is 0 Å². The molecule has 6 heteroatoms. The monoisotopic (exact) mass is 237 g/mol. The second-order valence-electron chi connectivity index (χ2n) is 3.57. The van der Waals surface area contributed by atoms with Gasteiger partial charge in [-0.2, -0.15) is 5.10 Å². The first-order valence-electron chi connectivity index (χ1n) is 4.89. The number of benzene rings is 1. The number of phenols is 1. The highest BCUT2D eigenvalue weighted by Crippen LogP contribution is 2.37. The number of aromatic nitrogens is 2. The molecule has 1 aromatic heterocycles. The first-order chi connectivity index (χ1) is 8.04. The largest absolute Gasteiger partial charge is 0.505 e. The van der Waals surface area contributed by atoms with Crippen molar-refractivity contribution in [2.75, 3.05) is 12.8 Å². The van der Waals surface area contributed by atoms with Gasteiger partial charge in [-0.3, -0.25) is 4.68 Å². The Bertz CT molecular complexity index is 566. The number of hydrogen-bond donors (Lipinski definition) is 2. The van der Waals surface area contributed by atoms with Crippen LogP contribution in [-0.2, 0) is 7.05 Å². The van der Waals surface area contributed by atoms with Gasteiger partial charge in [-0.15, -0.1) is 0 Å². The van der Waals surface area contributed by atoms with Crippen molar-refractivity contribution in [3.05, 3.63) is 24.1 Å². The van der Waals surface area contributed by atoms with Crippen LogP contribution in [0.3, 0.4) is 0 Å². The number of aromatic hydroxyl groups is 1. The number of rotatable bonds is 2. The Morgan fingerprint density at radius 2 is 2.12 bits per heavy atom. The molecule has 0 spiro atoms. The van der Waals surface area contributed by atoms with Crippen molar-refractivity contribution in [2.24, 2.45) is 7.05 Å². The number of phenolic OH excluding ortho intramolecular Hbond substituents is 1. The van der Waals surface area contributed by atoms with Crippen LogP contribution in [0.2, 0.25) is 0 Å². The fraction of sp³-hybridized carbons (Fsp3) is 0.182. The zero-order chi connectivity index (χ0) is 12.6. The van der Waals surface area contributed by atoms with Crippen LogP contribution in [0.5, 0.6) is 11.5 Å². The Morgan fingerprint density at radius 1 is 1.41 bits per heavy atom. The van der Waals surface area contributed by atoms with Crippen molar-refractivity contribution in [1.29, 1.82) is 0 Å². The van der Waals surface area contributed by atoms with E-state index in [1.165, 1.54) is 24.1 Å². The predicted octanol–water partition coefficient (Wildman–Crippen LogP) is 1.52. The number of halogens is 1. The van der Waals surface area contributed by atoms with Gasteiger partial charge in [-0.25, -0.2) is 4.39 Å². The van der Waals surface area contributed by atoms with Crippen LogP contribution < -0.4 is 10.5 Å². The molecular formula is C11H12FN3O2. The van der Waals surface area contributed by atoms with E-state index in [1.807, 2.05) is 0 Å². The maximum atomic E-state index is 13.2. The number of nitrogens with two attached hydrogens (primary N) is 1. The average molecular weight is 237 g/mol. The van der Waals surface area contributed by atoms with Crippen molar-refractivity contribution in [1.82, 2.24) is 9.78 Å². The Balaban J connectivity index is 2.66. The van der Waals surface area contributed by atoms with E-state index in [0.717, 1.165) is 6.07 Å². The van der Waals surface area contributed by atoms with E-state index in [0.29, 0.717) is 22.7 Å². The number of aryl methyl sites for hydroxylation is 1. The average Bonchev–Trinajstić information content (AvgIpc) is 2.63. The summed E-state index contributed by atoms with van der Waals surface area (Å²) in [6, 6.07) is 2.37. The Kier molecular flexibility index (Phi) is 2.63. The van der Waals surface area contributed by atoms with E-state index in [9.17, 15) is 9.50 Å². The van der Waals surface area contributed by atoms with Crippen LogP contribution in [0.1, 0.15) is 0 Å². The van der Waals surface area contributed by atoms with Crippen LogP contribution >= 0.6 is 0 Å². The summed E-state index contributed by atoms with van der Waals surface area (Å²) >= 11 is 0. The summed E-state index contributed by atoms with van der Waals surface area (Å²) in [5, 5.41) is 13.4. The van der Waals surface area contributed by atoms with Crippen LogP contribution in [0, 0.1) is 5.82 Å². The van der Waals surface area contributed by atoms with Gasteiger partial charge in [0.2, 0.25) is 0 Å². The molecular weight excluding hydrogens is 225 g/mol. The molecule has 0 amide bonds. The quantitative estimate of drug-likeness (QED) is 0.830. The van der Waals surface area contributed by atoms with E-state index in [1.54, 1.807) is 7.05 Å². The van der Waals surface area contributed by atoms with Gasteiger partial charge < -0.3 is 15.6 Å². The molecule has 2 aromatic rings. The molecule has 0 saturated carbocycles. The first-order valence-corrected chi connectivity index (χ1v) is 4.89. The molecule has 3 N–H and O–H groups in total. The molecule has 1 aromatic carbocycles. The van der Waals surface area contributed by atoms with E-state index in [4.69, 9.17) is 10.5 Å². The van der Waals surface area contributed by atoms with Gasteiger partial charge in [0, 0.05) is 24.2 Å². The highest BCUT2D eigenvalue weighted by atomic mass is 19.1. The maximum absolute atomic E-state index is 13.2. The molecule has 0 aliphatic carbocycles. The molecule has 2 rings (SSSR count). The van der Waals surface area contributed by atoms with Gasteiger partial charge >= 0.3 is 0 Å². The minimum absolute atomic E-state index is 0.292. The fourth-order valence-electron chi connectivity index (χ4n) is 1.58. The number of methoxy groups -OCH3 is 1. The third-order valence-electron chi connectivity index (χ3n) is 2.54. The van der Waals surface area contributed by atoms with Gasteiger partial charge in [0.25, 0.3) is 0 Å². The lowest BCUT2D eigenvalue weighted by Crippen LogP contribution is -1.98. The highest BCUT2D eigenvalue weighted by Gasteiger charge is 2.15. The molecule has 90 valence electrons. The number of ether oxygens (including phenoxy) is 1. The number of nitrogens with zero attached hydrogens (tertiary/aromatic N) is 2.